The molecule has 1 fully saturated rings. The summed E-state index contributed by atoms with van der Waals surface area (Å²) in [4.78, 5) is 25.1. The highest BCUT2D eigenvalue weighted by Gasteiger charge is 2.34. The molecule has 0 atom stereocenters. The lowest BCUT2D eigenvalue weighted by molar-refractivity contribution is -0.140. The Labute approximate surface area is 103 Å². The van der Waals surface area contributed by atoms with Crippen LogP contribution in [-0.4, -0.2) is 41.9 Å². The summed E-state index contributed by atoms with van der Waals surface area (Å²) in [5, 5.41) is 3.17. The molecule has 0 aliphatic carbocycles. The van der Waals surface area contributed by atoms with Gasteiger partial charge in [0.2, 0.25) is 11.8 Å². The summed E-state index contributed by atoms with van der Waals surface area (Å²) in [5.41, 5.74) is 4.73. The van der Waals surface area contributed by atoms with Crippen molar-refractivity contribution in [1.82, 2.24) is 10.2 Å². The van der Waals surface area contributed by atoms with Crippen molar-refractivity contribution in [2.24, 2.45) is 11.7 Å². The summed E-state index contributed by atoms with van der Waals surface area (Å²) in [7, 11) is 0. The molecule has 0 unspecified atom stereocenters. The monoisotopic (exact) mass is 241 g/mol. The fourth-order valence-corrected chi connectivity index (χ4v) is 2.28. The number of likely N-dealkylation sites (N-methyl/N-ethyl adjacent to an activating group) is 1. The number of nitrogens with one attached hydrogen (secondary N) is 1. The summed E-state index contributed by atoms with van der Waals surface area (Å²) in [6.45, 7) is 7.77. The van der Waals surface area contributed by atoms with Crippen LogP contribution < -0.4 is 11.1 Å². The molecule has 3 N–H and O–H groups in total. The summed E-state index contributed by atoms with van der Waals surface area (Å²) in [6.07, 6.45) is 1.37. The maximum atomic E-state index is 12.2. The third-order valence-electron chi connectivity index (χ3n) is 3.34. The number of carbonyl (C=O) groups excluding carboxylic acids is 2. The molecule has 0 saturated carbocycles. The van der Waals surface area contributed by atoms with E-state index in [4.69, 9.17) is 5.73 Å². The fraction of sp³-hybridized carbons (Fsp3) is 0.833. The molecule has 0 bridgehead atoms. The highest BCUT2D eigenvalue weighted by atomic mass is 16.2. The molecule has 17 heavy (non-hydrogen) atoms. The third kappa shape index (κ3) is 3.43. The average Bonchev–Trinajstić information content (AvgIpc) is 2.28. The second-order valence-corrected chi connectivity index (χ2v) is 5.12. The molecule has 5 nitrogen and oxygen atoms in total. The second-order valence-electron chi connectivity index (χ2n) is 5.12. The van der Waals surface area contributed by atoms with Crippen molar-refractivity contribution in [2.45, 2.75) is 39.2 Å². The van der Waals surface area contributed by atoms with E-state index < -0.39 is 5.54 Å². The Bertz CT molecular complexity index is 294. The van der Waals surface area contributed by atoms with E-state index in [2.05, 4.69) is 5.32 Å². The number of primary amides is 1. The molecule has 1 aliphatic heterocycles. The average molecular weight is 241 g/mol. The number of nitrogens with zero attached hydrogens (tertiary/aromatic N) is 1. The van der Waals surface area contributed by atoms with Gasteiger partial charge < -0.3 is 16.0 Å². The Kier molecular flexibility index (Phi) is 4.51. The standard InChI is InChI=1S/C12H23N3O2/c1-4-14-12(2,3)11(17)15-7-5-9(6-8-15)10(13)16/h9,14H,4-8H2,1-3H3,(H2,13,16). The molecule has 0 radical (unpaired) electrons. The number of piperidine rings is 1. The van der Waals surface area contributed by atoms with Gasteiger partial charge in [0, 0.05) is 19.0 Å². The van der Waals surface area contributed by atoms with Gasteiger partial charge in [-0.1, -0.05) is 6.92 Å². The van der Waals surface area contributed by atoms with Crippen molar-refractivity contribution < 1.29 is 9.59 Å². The zero-order valence-corrected chi connectivity index (χ0v) is 11.0. The first-order chi connectivity index (χ1) is 7.88. The SMILES string of the molecule is CCNC(C)(C)C(=O)N1CCC(C(N)=O)CC1. The molecule has 0 spiro atoms. The van der Waals surface area contributed by atoms with Crippen LogP contribution in [0.5, 0.6) is 0 Å². The topological polar surface area (TPSA) is 75.4 Å². The van der Waals surface area contributed by atoms with Crippen molar-refractivity contribution in [3.8, 4) is 0 Å². The van der Waals surface area contributed by atoms with Gasteiger partial charge in [0.05, 0.1) is 5.54 Å². The maximum absolute atomic E-state index is 12.2. The first kappa shape index (κ1) is 14.0. The minimum atomic E-state index is -0.533. The molecule has 1 rings (SSSR count). The predicted octanol–water partition coefficient (Wildman–Crippen LogP) is 0.0984. The van der Waals surface area contributed by atoms with E-state index in [1.807, 2.05) is 25.7 Å². The first-order valence-electron chi connectivity index (χ1n) is 6.22. The van der Waals surface area contributed by atoms with E-state index in [1.165, 1.54) is 0 Å². The minimum absolute atomic E-state index is 0.0682. The molecular weight excluding hydrogens is 218 g/mol. The Balaban J connectivity index is 2.54. The quantitative estimate of drug-likeness (QED) is 0.733. The lowest BCUT2D eigenvalue weighted by Crippen LogP contribution is -2.56. The van der Waals surface area contributed by atoms with E-state index in [0.29, 0.717) is 25.9 Å². The first-order valence-corrected chi connectivity index (χ1v) is 6.22. The summed E-state index contributed by atoms with van der Waals surface area (Å²) in [6, 6.07) is 0. The number of rotatable bonds is 4. The molecule has 5 heteroatoms. The summed E-state index contributed by atoms with van der Waals surface area (Å²) in [5.74, 6) is -0.216. The van der Waals surface area contributed by atoms with Gasteiger partial charge in [-0.05, 0) is 33.2 Å². The zero-order valence-electron chi connectivity index (χ0n) is 11.0. The van der Waals surface area contributed by atoms with Crippen LogP contribution in [0.25, 0.3) is 0 Å². The highest BCUT2D eigenvalue weighted by molar-refractivity contribution is 5.86. The summed E-state index contributed by atoms with van der Waals surface area (Å²) < 4.78 is 0. The number of amides is 2. The Morgan fingerprint density at radius 2 is 1.88 bits per heavy atom. The minimum Gasteiger partial charge on any atom is -0.369 e. The van der Waals surface area contributed by atoms with Gasteiger partial charge in [0.25, 0.3) is 0 Å². The highest BCUT2D eigenvalue weighted by Crippen LogP contribution is 2.19. The van der Waals surface area contributed by atoms with Gasteiger partial charge in [-0.2, -0.15) is 0 Å². The molecule has 0 aromatic carbocycles. The molecule has 98 valence electrons. The third-order valence-corrected chi connectivity index (χ3v) is 3.34. The molecule has 1 heterocycles. The van der Waals surface area contributed by atoms with Crippen LogP contribution in [-0.2, 0) is 9.59 Å². The lowest BCUT2D eigenvalue weighted by atomic mass is 9.94. The van der Waals surface area contributed by atoms with Crippen molar-refractivity contribution >= 4 is 11.8 Å². The van der Waals surface area contributed by atoms with E-state index in [-0.39, 0.29) is 17.7 Å². The van der Waals surface area contributed by atoms with Gasteiger partial charge in [0.1, 0.15) is 0 Å². The van der Waals surface area contributed by atoms with E-state index in [1.54, 1.807) is 0 Å². The van der Waals surface area contributed by atoms with Crippen LogP contribution in [0, 0.1) is 5.92 Å². The largest absolute Gasteiger partial charge is 0.369 e. The van der Waals surface area contributed by atoms with Gasteiger partial charge >= 0.3 is 0 Å². The molecular formula is C12H23N3O2. The van der Waals surface area contributed by atoms with Crippen molar-refractivity contribution in [1.29, 1.82) is 0 Å². The van der Waals surface area contributed by atoms with Gasteiger partial charge in [0.15, 0.2) is 0 Å². The Morgan fingerprint density at radius 3 is 2.29 bits per heavy atom. The van der Waals surface area contributed by atoms with Gasteiger partial charge in [-0.15, -0.1) is 0 Å². The second kappa shape index (κ2) is 5.49. The van der Waals surface area contributed by atoms with Crippen LogP contribution in [0.1, 0.15) is 33.6 Å². The van der Waals surface area contributed by atoms with Gasteiger partial charge in [-0.3, -0.25) is 9.59 Å². The Hall–Kier alpha value is -1.10. The normalized spacial score (nSPS) is 18.2. The number of nitrogens with two attached hydrogens (primary N) is 1. The van der Waals surface area contributed by atoms with Crippen LogP contribution in [0.3, 0.4) is 0 Å². The van der Waals surface area contributed by atoms with E-state index in [0.717, 1.165) is 6.54 Å². The summed E-state index contributed by atoms with van der Waals surface area (Å²) >= 11 is 0. The molecule has 0 aromatic rings. The van der Waals surface area contributed by atoms with Crippen molar-refractivity contribution in [2.75, 3.05) is 19.6 Å². The van der Waals surface area contributed by atoms with Crippen LogP contribution in [0.4, 0.5) is 0 Å². The maximum Gasteiger partial charge on any atom is 0.242 e. The number of hydrogen-bond acceptors (Lipinski definition) is 3. The van der Waals surface area contributed by atoms with E-state index >= 15 is 0 Å². The Morgan fingerprint density at radius 1 is 1.35 bits per heavy atom. The lowest BCUT2D eigenvalue weighted by Gasteiger charge is -2.36. The molecule has 2 amide bonds. The van der Waals surface area contributed by atoms with E-state index in [9.17, 15) is 9.59 Å². The fourth-order valence-electron chi connectivity index (χ4n) is 2.28. The van der Waals surface area contributed by atoms with Crippen LogP contribution in [0.2, 0.25) is 0 Å². The number of likely N-dealkylation sites (tertiary alicyclic amines) is 1. The predicted molar refractivity (Wildman–Crippen MR) is 66.3 cm³/mol. The number of hydrogen-bond donors (Lipinski definition) is 2. The zero-order chi connectivity index (χ0) is 13.1. The van der Waals surface area contributed by atoms with Gasteiger partial charge in [-0.25, -0.2) is 0 Å². The molecule has 1 aliphatic rings. The number of carbonyl (C=O) groups is 2. The van der Waals surface area contributed by atoms with Crippen LogP contribution in [0.15, 0.2) is 0 Å². The molecule has 1 saturated heterocycles. The smallest absolute Gasteiger partial charge is 0.242 e. The van der Waals surface area contributed by atoms with Crippen LogP contribution >= 0.6 is 0 Å². The molecule has 0 aromatic heterocycles. The van der Waals surface area contributed by atoms with Crippen molar-refractivity contribution in [3.63, 3.8) is 0 Å². The van der Waals surface area contributed by atoms with Crippen molar-refractivity contribution in [3.05, 3.63) is 0 Å².